The van der Waals surface area contributed by atoms with Crippen LogP contribution in [0.15, 0.2) is 42.5 Å². The van der Waals surface area contributed by atoms with E-state index < -0.39 is 17.4 Å². The summed E-state index contributed by atoms with van der Waals surface area (Å²) in [6.45, 7) is 7.26. The first-order valence-corrected chi connectivity index (χ1v) is 11.8. The molecular formula is C23H27Cl2FN2O2S. The third-order valence-electron chi connectivity index (χ3n) is 4.46. The monoisotopic (exact) mass is 484 g/mol. The summed E-state index contributed by atoms with van der Waals surface area (Å²) in [4.78, 5) is 27.2. The van der Waals surface area contributed by atoms with Gasteiger partial charge in [-0.1, -0.05) is 47.5 Å². The molecule has 0 unspecified atom stereocenters. The second kappa shape index (κ2) is 11.2. The van der Waals surface area contributed by atoms with Gasteiger partial charge in [-0.2, -0.15) is 0 Å². The SMILES string of the molecule is C[C@@H](C(=O)NC(C)(C)C)N(Cc1ccccc1F)C(=O)CSCc1ccc(Cl)cc1Cl. The second-order valence-electron chi connectivity index (χ2n) is 8.26. The highest BCUT2D eigenvalue weighted by atomic mass is 35.5. The summed E-state index contributed by atoms with van der Waals surface area (Å²) in [6.07, 6.45) is 0. The van der Waals surface area contributed by atoms with Crippen LogP contribution in [0.5, 0.6) is 0 Å². The molecule has 4 nitrogen and oxygen atoms in total. The Bertz CT molecular complexity index is 934. The molecule has 0 aromatic heterocycles. The molecule has 0 saturated heterocycles. The highest BCUT2D eigenvalue weighted by molar-refractivity contribution is 7.99. The van der Waals surface area contributed by atoms with Crippen molar-refractivity contribution in [2.24, 2.45) is 0 Å². The van der Waals surface area contributed by atoms with Crippen molar-refractivity contribution in [2.45, 2.75) is 51.6 Å². The van der Waals surface area contributed by atoms with Crippen LogP contribution >= 0.6 is 35.0 Å². The summed E-state index contributed by atoms with van der Waals surface area (Å²) in [7, 11) is 0. The van der Waals surface area contributed by atoms with Crippen molar-refractivity contribution in [3.63, 3.8) is 0 Å². The number of nitrogens with zero attached hydrogens (tertiary/aromatic N) is 1. The molecule has 2 amide bonds. The predicted molar refractivity (Wildman–Crippen MR) is 127 cm³/mol. The van der Waals surface area contributed by atoms with Gasteiger partial charge < -0.3 is 10.2 Å². The van der Waals surface area contributed by atoms with E-state index in [0.29, 0.717) is 21.4 Å². The maximum absolute atomic E-state index is 14.2. The molecule has 1 atom stereocenters. The van der Waals surface area contributed by atoms with E-state index >= 15 is 0 Å². The van der Waals surface area contributed by atoms with Crippen LogP contribution in [0, 0.1) is 5.82 Å². The lowest BCUT2D eigenvalue weighted by Gasteiger charge is -2.31. The second-order valence-corrected chi connectivity index (χ2v) is 10.1. The largest absolute Gasteiger partial charge is 0.350 e. The Kier molecular flexibility index (Phi) is 9.22. The predicted octanol–water partition coefficient (Wildman–Crippen LogP) is 5.70. The van der Waals surface area contributed by atoms with Crippen molar-refractivity contribution in [3.05, 3.63) is 69.5 Å². The first-order chi connectivity index (χ1) is 14.5. The van der Waals surface area contributed by atoms with E-state index in [4.69, 9.17) is 23.2 Å². The number of carbonyl (C=O) groups excluding carboxylic acids is 2. The minimum absolute atomic E-state index is 0.00645. The van der Waals surface area contributed by atoms with Crippen LogP contribution in [0.1, 0.15) is 38.8 Å². The Morgan fingerprint density at radius 1 is 1.13 bits per heavy atom. The fourth-order valence-electron chi connectivity index (χ4n) is 2.84. The zero-order valence-corrected chi connectivity index (χ0v) is 20.4. The quantitative estimate of drug-likeness (QED) is 0.522. The number of halogens is 3. The average Bonchev–Trinajstić information content (AvgIpc) is 2.67. The van der Waals surface area contributed by atoms with Gasteiger partial charge in [0.05, 0.1) is 5.75 Å². The molecule has 0 aliphatic carbocycles. The molecule has 2 rings (SSSR count). The molecule has 0 bridgehead atoms. The van der Waals surface area contributed by atoms with Crippen molar-refractivity contribution in [3.8, 4) is 0 Å². The molecule has 8 heteroatoms. The topological polar surface area (TPSA) is 49.4 Å². The summed E-state index contributed by atoms with van der Waals surface area (Å²) >= 11 is 13.5. The minimum atomic E-state index is -0.758. The molecule has 2 aromatic rings. The number of thioether (sulfide) groups is 1. The third kappa shape index (κ3) is 8.02. The van der Waals surface area contributed by atoms with Crippen LogP contribution in [0.25, 0.3) is 0 Å². The summed E-state index contributed by atoms with van der Waals surface area (Å²) in [6, 6.07) is 10.7. The zero-order chi connectivity index (χ0) is 23.2. The Morgan fingerprint density at radius 2 is 1.81 bits per heavy atom. The van der Waals surface area contributed by atoms with Crippen LogP contribution in [-0.2, 0) is 21.9 Å². The lowest BCUT2D eigenvalue weighted by Crippen LogP contribution is -2.52. The van der Waals surface area contributed by atoms with E-state index in [1.165, 1.54) is 22.7 Å². The van der Waals surface area contributed by atoms with Gasteiger partial charge in [-0.15, -0.1) is 11.8 Å². The number of carbonyl (C=O) groups is 2. The fourth-order valence-corrected chi connectivity index (χ4v) is 4.31. The van der Waals surface area contributed by atoms with E-state index in [1.54, 1.807) is 37.3 Å². The standard InChI is InChI=1S/C23H27Cl2FN2O2S/c1-15(22(30)27-23(2,3)4)28(12-16-7-5-6-8-20(16)26)21(29)14-31-13-17-9-10-18(24)11-19(17)25/h5-11,15H,12-14H2,1-4H3,(H,27,30)/t15-/m0/s1. The summed E-state index contributed by atoms with van der Waals surface area (Å²) in [5.74, 6) is -0.319. The van der Waals surface area contributed by atoms with E-state index in [9.17, 15) is 14.0 Å². The minimum Gasteiger partial charge on any atom is -0.350 e. The maximum Gasteiger partial charge on any atom is 0.242 e. The smallest absolute Gasteiger partial charge is 0.242 e. The normalized spacial score (nSPS) is 12.4. The van der Waals surface area contributed by atoms with Crippen molar-refractivity contribution in [1.29, 1.82) is 0 Å². The Morgan fingerprint density at radius 3 is 2.42 bits per heavy atom. The van der Waals surface area contributed by atoms with Crippen LogP contribution in [0.2, 0.25) is 10.0 Å². The van der Waals surface area contributed by atoms with Crippen LogP contribution in [0.4, 0.5) is 4.39 Å². The zero-order valence-electron chi connectivity index (χ0n) is 18.0. The van der Waals surface area contributed by atoms with Crippen LogP contribution in [-0.4, -0.2) is 34.0 Å². The fraction of sp³-hybridized carbons (Fsp3) is 0.391. The van der Waals surface area contributed by atoms with E-state index in [1.807, 2.05) is 26.8 Å². The first kappa shape index (κ1) is 25.5. The highest BCUT2D eigenvalue weighted by Gasteiger charge is 2.28. The lowest BCUT2D eigenvalue weighted by atomic mass is 10.1. The molecule has 0 radical (unpaired) electrons. The van der Waals surface area contributed by atoms with Crippen molar-refractivity contribution >= 4 is 46.8 Å². The van der Waals surface area contributed by atoms with Gasteiger partial charge in [-0.25, -0.2) is 4.39 Å². The molecule has 2 aromatic carbocycles. The molecule has 0 saturated carbocycles. The van der Waals surface area contributed by atoms with Crippen molar-refractivity contribution in [1.82, 2.24) is 10.2 Å². The lowest BCUT2D eigenvalue weighted by molar-refractivity contribution is -0.139. The Labute approximate surface area is 197 Å². The number of benzene rings is 2. The van der Waals surface area contributed by atoms with Gasteiger partial charge in [0.1, 0.15) is 11.9 Å². The highest BCUT2D eigenvalue weighted by Crippen LogP contribution is 2.25. The molecule has 31 heavy (non-hydrogen) atoms. The average molecular weight is 485 g/mol. The van der Waals surface area contributed by atoms with Gasteiger partial charge in [-0.05, 0) is 51.5 Å². The first-order valence-electron chi connectivity index (χ1n) is 9.84. The Balaban J connectivity index is 2.13. The molecule has 0 spiro atoms. The summed E-state index contributed by atoms with van der Waals surface area (Å²) < 4.78 is 14.2. The number of rotatable bonds is 8. The molecule has 1 N–H and O–H groups in total. The summed E-state index contributed by atoms with van der Waals surface area (Å²) in [5, 5.41) is 3.97. The van der Waals surface area contributed by atoms with Gasteiger partial charge in [0.2, 0.25) is 11.8 Å². The Hall–Kier alpha value is -1.76. The van der Waals surface area contributed by atoms with Crippen LogP contribution in [0.3, 0.4) is 0 Å². The van der Waals surface area contributed by atoms with E-state index in [-0.39, 0.29) is 24.1 Å². The molecule has 0 fully saturated rings. The summed E-state index contributed by atoms with van der Waals surface area (Å²) in [5.41, 5.74) is 0.776. The van der Waals surface area contributed by atoms with Crippen LogP contribution < -0.4 is 5.32 Å². The third-order valence-corrected chi connectivity index (χ3v) is 6.02. The van der Waals surface area contributed by atoms with Crippen molar-refractivity contribution < 1.29 is 14.0 Å². The number of hydrogen-bond acceptors (Lipinski definition) is 3. The van der Waals surface area contributed by atoms with Gasteiger partial charge >= 0.3 is 0 Å². The van der Waals surface area contributed by atoms with Gasteiger partial charge in [0, 0.05) is 33.4 Å². The van der Waals surface area contributed by atoms with Gasteiger partial charge in [0.15, 0.2) is 0 Å². The molecule has 168 valence electrons. The molecule has 0 heterocycles. The number of amides is 2. The van der Waals surface area contributed by atoms with Gasteiger partial charge in [0.25, 0.3) is 0 Å². The van der Waals surface area contributed by atoms with Crippen molar-refractivity contribution in [2.75, 3.05) is 5.75 Å². The number of hydrogen-bond donors (Lipinski definition) is 1. The van der Waals surface area contributed by atoms with Gasteiger partial charge in [-0.3, -0.25) is 9.59 Å². The maximum atomic E-state index is 14.2. The van der Waals surface area contributed by atoms with E-state index in [2.05, 4.69) is 5.32 Å². The molecule has 0 aliphatic rings. The van der Waals surface area contributed by atoms with E-state index in [0.717, 1.165) is 5.56 Å². The molecule has 0 aliphatic heterocycles. The molecular weight excluding hydrogens is 458 g/mol. The number of nitrogens with one attached hydrogen (secondary N) is 1.